The van der Waals surface area contributed by atoms with Crippen molar-refractivity contribution in [2.75, 3.05) is 5.43 Å². The second-order valence-corrected chi connectivity index (χ2v) is 4.65. The molecule has 0 bridgehead atoms. The first-order chi connectivity index (χ1) is 9.20. The third-order valence-corrected chi connectivity index (χ3v) is 3.34. The standard InChI is InChI=1S/C12H12N4O2S/c1-8-10(11(17)16-18)19-12(14-8)15-13-7-9-5-3-2-4-6-9/h2-7,18H,1H3,(H,14,15)(H,16,17)/b13-7+. The predicted molar refractivity (Wildman–Crippen MR) is 73.8 cm³/mol. The van der Waals surface area contributed by atoms with Crippen LogP contribution in [0.5, 0.6) is 0 Å². The fraction of sp³-hybridized carbons (Fsp3) is 0.0833. The minimum Gasteiger partial charge on any atom is -0.288 e. The smallest absolute Gasteiger partial charge is 0.286 e. The molecule has 0 fully saturated rings. The quantitative estimate of drug-likeness (QED) is 0.453. The number of carbonyl (C=O) groups is 1. The summed E-state index contributed by atoms with van der Waals surface area (Å²) in [5.41, 5.74) is 5.82. The van der Waals surface area contributed by atoms with Crippen LogP contribution in [0.3, 0.4) is 0 Å². The van der Waals surface area contributed by atoms with E-state index in [1.165, 1.54) is 0 Å². The highest BCUT2D eigenvalue weighted by Crippen LogP contribution is 2.22. The highest BCUT2D eigenvalue weighted by molar-refractivity contribution is 7.17. The molecule has 0 spiro atoms. The SMILES string of the molecule is Cc1nc(N/N=C/c2ccccc2)sc1C(=O)NO. The van der Waals surface area contributed by atoms with Gasteiger partial charge in [0.25, 0.3) is 5.91 Å². The van der Waals surface area contributed by atoms with Gasteiger partial charge in [0.1, 0.15) is 4.88 Å². The lowest BCUT2D eigenvalue weighted by Gasteiger charge is -1.93. The average Bonchev–Trinajstić information content (AvgIpc) is 2.80. The summed E-state index contributed by atoms with van der Waals surface area (Å²) in [5.74, 6) is -0.574. The van der Waals surface area contributed by atoms with Crippen LogP contribution >= 0.6 is 11.3 Å². The van der Waals surface area contributed by atoms with Crippen molar-refractivity contribution in [1.29, 1.82) is 0 Å². The van der Waals surface area contributed by atoms with Crippen LogP contribution in [0.4, 0.5) is 5.13 Å². The number of carbonyl (C=O) groups excluding carboxylic acids is 1. The summed E-state index contributed by atoms with van der Waals surface area (Å²) in [7, 11) is 0. The van der Waals surface area contributed by atoms with Crippen molar-refractivity contribution in [1.82, 2.24) is 10.5 Å². The number of hydrazone groups is 1. The molecule has 0 atom stereocenters. The molecule has 0 saturated carbocycles. The number of anilines is 1. The van der Waals surface area contributed by atoms with Gasteiger partial charge in [-0.25, -0.2) is 10.5 Å². The topological polar surface area (TPSA) is 86.6 Å². The largest absolute Gasteiger partial charge is 0.288 e. The summed E-state index contributed by atoms with van der Waals surface area (Å²) in [5, 5.41) is 13.1. The van der Waals surface area contributed by atoms with E-state index in [0.29, 0.717) is 15.7 Å². The van der Waals surface area contributed by atoms with E-state index in [1.807, 2.05) is 30.3 Å². The van der Waals surface area contributed by atoms with Crippen LogP contribution in [-0.2, 0) is 0 Å². The highest BCUT2D eigenvalue weighted by Gasteiger charge is 2.13. The number of hydrogen-bond donors (Lipinski definition) is 3. The fourth-order valence-corrected chi connectivity index (χ4v) is 2.21. The van der Waals surface area contributed by atoms with Crippen LogP contribution in [-0.4, -0.2) is 22.3 Å². The third kappa shape index (κ3) is 3.36. The summed E-state index contributed by atoms with van der Waals surface area (Å²) in [6, 6.07) is 9.59. The van der Waals surface area contributed by atoms with Crippen molar-refractivity contribution in [2.24, 2.45) is 5.10 Å². The van der Waals surface area contributed by atoms with Gasteiger partial charge in [-0.1, -0.05) is 41.7 Å². The van der Waals surface area contributed by atoms with Crippen molar-refractivity contribution in [3.8, 4) is 0 Å². The van der Waals surface area contributed by atoms with E-state index in [1.54, 1.807) is 18.6 Å². The molecule has 1 aromatic heterocycles. The van der Waals surface area contributed by atoms with Crippen molar-refractivity contribution in [3.05, 3.63) is 46.5 Å². The second-order valence-electron chi connectivity index (χ2n) is 3.66. The number of aryl methyl sites for hydroxylation is 1. The van der Waals surface area contributed by atoms with E-state index in [9.17, 15) is 4.79 Å². The Hall–Kier alpha value is -2.25. The Morgan fingerprint density at radius 2 is 2.16 bits per heavy atom. The molecule has 0 aliphatic carbocycles. The molecule has 19 heavy (non-hydrogen) atoms. The normalized spacial score (nSPS) is 10.6. The average molecular weight is 276 g/mol. The van der Waals surface area contributed by atoms with E-state index in [4.69, 9.17) is 5.21 Å². The first-order valence-corrected chi connectivity index (χ1v) is 6.28. The Labute approximate surface area is 113 Å². The lowest BCUT2D eigenvalue weighted by atomic mass is 10.2. The van der Waals surface area contributed by atoms with E-state index in [-0.39, 0.29) is 0 Å². The van der Waals surface area contributed by atoms with Gasteiger partial charge in [-0.05, 0) is 12.5 Å². The third-order valence-electron chi connectivity index (χ3n) is 2.28. The Kier molecular flexibility index (Phi) is 4.22. The molecule has 1 aromatic carbocycles. The van der Waals surface area contributed by atoms with Gasteiger partial charge in [-0.3, -0.25) is 15.4 Å². The lowest BCUT2D eigenvalue weighted by molar-refractivity contribution is 0.0710. The zero-order valence-electron chi connectivity index (χ0n) is 10.1. The Morgan fingerprint density at radius 1 is 1.42 bits per heavy atom. The van der Waals surface area contributed by atoms with Gasteiger partial charge >= 0.3 is 0 Å². The zero-order chi connectivity index (χ0) is 13.7. The van der Waals surface area contributed by atoms with Crippen molar-refractivity contribution in [2.45, 2.75) is 6.92 Å². The number of thiazole rings is 1. The first kappa shape index (κ1) is 13.2. The lowest BCUT2D eigenvalue weighted by Crippen LogP contribution is -2.18. The van der Waals surface area contributed by atoms with Crippen LogP contribution in [0.15, 0.2) is 35.4 Å². The van der Waals surface area contributed by atoms with Gasteiger partial charge in [-0.15, -0.1) is 0 Å². The molecule has 1 heterocycles. The second kappa shape index (κ2) is 6.07. The summed E-state index contributed by atoms with van der Waals surface area (Å²) in [4.78, 5) is 15.8. The van der Waals surface area contributed by atoms with Crippen LogP contribution in [0, 0.1) is 6.92 Å². The van der Waals surface area contributed by atoms with Crippen molar-refractivity contribution < 1.29 is 10.0 Å². The molecule has 3 N–H and O–H groups in total. The molecular weight excluding hydrogens is 264 g/mol. The van der Waals surface area contributed by atoms with Gasteiger partial charge in [0.15, 0.2) is 0 Å². The monoisotopic (exact) mass is 276 g/mol. The highest BCUT2D eigenvalue weighted by atomic mass is 32.1. The molecule has 0 radical (unpaired) electrons. The summed E-state index contributed by atoms with van der Waals surface area (Å²) in [6.07, 6.45) is 1.66. The molecule has 6 nitrogen and oxygen atoms in total. The van der Waals surface area contributed by atoms with E-state index in [0.717, 1.165) is 16.9 Å². The summed E-state index contributed by atoms with van der Waals surface area (Å²) >= 11 is 1.12. The van der Waals surface area contributed by atoms with Gasteiger partial charge in [0.2, 0.25) is 5.13 Å². The number of benzene rings is 1. The van der Waals surface area contributed by atoms with Crippen LogP contribution in [0.1, 0.15) is 20.9 Å². The number of nitrogens with one attached hydrogen (secondary N) is 2. The molecule has 0 unspecified atom stereocenters. The molecule has 2 aromatic rings. The minimum atomic E-state index is -0.574. The molecule has 0 aliphatic heterocycles. The Morgan fingerprint density at radius 3 is 2.84 bits per heavy atom. The maximum Gasteiger partial charge on any atom is 0.286 e. The molecular formula is C12H12N4O2S. The predicted octanol–water partition coefficient (Wildman–Crippen LogP) is 2.02. The van der Waals surface area contributed by atoms with Crippen LogP contribution < -0.4 is 10.9 Å². The van der Waals surface area contributed by atoms with Gasteiger partial charge < -0.3 is 0 Å². The van der Waals surface area contributed by atoms with Gasteiger partial charge in [0.05, 0.1) is 11.9 Å². The Balaban J connectivity index is 2.04. The molecule has 7 heteroatoms. The maximum atomic E-state index is 11.3. The number of hydroxylamine groups is 1. The maximum absolute atomic E-state index is 11.3. The number of amides is 1. The van der Waals surface area contributed by atoms with Crippen LogP contribution in [0.2, 0.25) is 0 Å². The zero-order valence-corrected chi connectivity index (χ0v) is 10.9. The Bertz CT molecular complexity index is 595. The molecule has 0 saturated heterocycles. The van der Waals surface area contributed by atoms with Gasteiger partial charge in [-0.2, -0.15) is 5.10 Å². The molecule has 0 aliphatic rings. The fourth-order valence-electron chi connectivity index (χ4n) is 1.41. The number of hydrogen-bond acceptors (Lipinski definition) is 6. The molecule has 1 amide bonds. The van der Waals surface area contributed by atoms with Crippen LogP contribution in [0.25, 0.3) is 0 Å². The summed E-state index contributed by atoms with van der Waals surface area (Å²) in [6.45, 7) is 1.69. The summed E-state index contributed by atoms with van der Waals surface area (Å²) < 4.78 is 0. The van der Waals surface area contributed by atoms with Crippen molar-refractivity contribution in [3.63, 3.8) is 0 Å². The van der Waals surface area contributed by atoms with E-state index < -0.39 is 5.91 Å². The number of rotatable bonds is 4. The minimum absolute atomic E-state index is 0.347. The van der Waals surface area contributed by atoms with E-state index >= 15 is 0 Å². The number of aromatic nitrogens is 1. The van der Waals surface area contributed by atoms with Crippen molar-refractivity contribution >= 4 is 28.6 Å². The first-order valence-electron chi connectivity index (χ1n) is 5.46. The number of nitrogens with zero attached hydrogens (tertiary/aromatic N) is 2. The van der Waals surface area contributed by atoms with Gasteiger partial charge in [0, 0.05) is 0 Å². The molecule has 98 valence electrons. The molecule has 2 rings (SSSR count). The van der Waals surface area contributed by atoms with E-state index in [2.05, 4.69) is 15.5 Å².